The molecule has 420 valence electrons. The number of phenols is 1. The average Bonchev–Trinajstić information content (AvgIpc) is 4.34. The van der Waals surface area contributed by atoms with Crippen LogP contribution in [0.5, 0.6) is 11.5 Å². The third-order valence-corrected chi connectivity index (χ3v) is 23.1. The number of hydrogen-bond donors (Lipinski definition) is 10. The molecule has 11 rings (SSSR count). The highest BCUT2D eigenvalue weighted by molar-refractivity contribution is 8.76. The minimum absolute atomic E-state index is 0.0244. The number of furan rings is 1. The first-order valence-electron chi connectivity index (χ1n) is 29.6. The Labute approximate surface area is 460 Å². The molecule has 12 N–H and O–H groups in total. The Morgan fingerprint density at radius 2 is 1.78 bits per heavy atom. The Morgan fingerprint density at radius 1 is 0.961 bits per heavy atom. The molecule has 4 saturated carbocycles. The topological polar surface area (TPSA) is 228 Å². The number of aromatic amines is 1. The fraction of sp³-hybridized carbons (Fsp3) is 0.721. The van der Waals surface area contributed by atoms with Crippen LogP contribution in [-0.2, 0) is 25.9 Å². The Morgan fingerprint density at radius 3 is 2.57 bits per heavy atom. The van der Waals surface area contributed by atoms with Crippen molar-refractivity contribution in [3.63, 3.8) is 0 Å². The number of allylic oxidation sites excluding steroid dienone is 2. The number of nitrogens with two attached hydrogens (primary N) is 2. The van der Waals surface area contributed by atoms with Crippen LogP contribution in [0.1, 0.15) is 174 Å². The summed E-state index contributed by atoms with van der Waals surface area (Å²) in [6.45, 7) is 4.71. The van der Waals surface area contributed by atoms with E-state index in [-0.39, 0.29) is 60.3 Å². The van der Waals surface area contributed by atoms with Crippen LogP contribution in [0, 0.1) is 52.3 Å². The molecule has 7 aliphatic carbocycles. The molecule has 1 saturated heterocycles. The van der Waals surface area contributed by atoms with E-state index in [4.69, 9.17) is 20.6 Å². The molecule has 3 heterocycles. The Bertz CT molecular complexity index is 2450. The monoisotopic (exact) mass is 1080 g/mol. The predicted octanol–water partition coefficient (Wildman–Crippen LogP) is 9.55. The van der Waals surface area contributed by atoms with E-state index in [2.05, 4.69) is 45.8 Å². The Kier molecular flexibility index (Phi) is 18.2. The van der Waals surface area contributed by atoms with E-state index in [1.165, 1.54) is 81.9 Å². The second kappa shape index (κ2) is 24.7. The van der Waals surface area contributed by atoms with Gasteiger partial charge >= 0.3 is 0 Å². The first-order chi connectivity index (χ1) is 36.8. The van der Waals surface area contributed by atoms with Crippen molar-refractivity contribution in [1.29, 1.82) is 0 Å². The largest absolute Gasteiger partial charge is 0.504 e. The van der Waals surface area contributed by atoms with Gasteiger partial charge in [0.2, 0.25) is 0 Å². The highest BCUT2D eigenvalue weighted by atomic mass is 33.1. The van der Waals surface area contributed by atoms with Gasteiger partial charge in [-0.05, 0) is 173 Å². The number of H-pyrrole nitrogens is 1. The van der Waals surface area contributed by atoms with Gasteiger partial charge in [-0.3, -0.25) is 4.99 Å². The lowest BCUT2D eigenvalue weighted by atomic mass is 9.51. The third-order valence-electron chi connectivity index (χ3n) is 20.6. The number of aliphatic hydroxyl groups excluding tert-OH is 4. The number of rotatable bonds is 19. The highest BCUT2D eigenvalue weighted by Crippen LogP contribution is 2.73. The standard InChI is InChI=1S/C61H92N6O7S2/c1-36-10-16-43-40-26-38(12-17-44(43)46(48(62)29-40)34-75-76-35-51(36)67-59(63)64-3)14-19-54-41(32-69)28-42(74-54)15-11-39-13-18-52(71)55(27-39)73-33-53(72)50-30-45-57(49(8-7-25-68)65-31-37(2)70)61-23-6-9-56(61)60(21-4-5-22-60)47(20-24-61)58(45)66-50/h13,18,20,24,27-28,30,36-38,40,43-44,46-49,51,53,56-57,65-66,68-72H,4-12,14-17,19,21-23,25-26,29,31-35,62H2,1-3H3,(H3,63,64,67)/t36-,37+,38-,40-,43+,44-,46-,47+,48-,49+,51-,53+,56+,57-,61+/m1/s1. The Balaban J connectivity index is 0.783. The SMILES string of the molecule is CN=C(N)N[C@@H]1CSSC[C@@H]2[C@@H]3CC[C@H](CCc4oc(CCc5ccc(O)c(OC[C@H](O)c6cc7c([nH]6)[C@@H]6C=C[C@]8(CCC[C@H]8C68CCCC8)[C@H]7[C@H](CCCO)NC[C@H](C)O)c5)cc4CO)C[C@H](C[C@H]2N)[C@@H]3CC[C@H]1C. The number of nitrogens with one attached hydrogen (secondary N) is 3. The maximum atomic E-state index is 12.0. The van der Waals surface area contributed by atoms with Gasteiger partial charge in [0.15, 0.2) is 17.5 Å². The van der Waals surface area contributed by atoms with E-state index in [0.717, 1.165) is 72.0 Å². The molecule has 6 bridgehead atoms. The molecule has 0 radical (unpaired) electrons. The lowest BCUT2D eigenvalue weighted by Crippen LogP contribution is -2.50. The molecule has 2 spiro atoms. The summed E-state index contributed by atoms with van der Waals surface area (Å²) in [5.74, 6) is 9.30. The number of ether oxygens (including phenoxy) is 1. The highest BCUT2D eigenvalue weighted by Gasteiger charge is 2.65. The Hall–Kier alpha value is -3.15. The fourth-order valence-electron chi connectivity index (χ4n) is 16.9. The second-order valence-electron chi connectivity index (χ2n) is 24.9. The molecular formula is C61H92N6O7S2. The summed E-state index contributed by atoms with van der Waals surface area (Å²) in [5.41, 5.74) is 18.4. The van der Waals surface area contributed by atoms with Crippen LogP contribution >= 0.6 is 21.6 Å². The van der Waals surface area contributed by atoms with E-state index >= 15 is 0 Å². The van der Waals surface area contributed by atoms with Crippen molar-refractivity contribution in [2.24, 2.45) is 68.7 Å². The lowest BCUT2D eigenvalue weighted by Gasteiger charge is -2.53. The number of benzene rings is 1. The smallest absolute Gasteiger partial charge is 0.188 e. The summed E-state index contributed by atoms with van der Waals surface area (Å²) in [5, 5.41) is 61.4. The summed E-state index contributed by atoms with van der Waals surface area (Å²) >= 11 is 0. The van der Waals surface area contributed by atoms with Gasteiger partial charge in [0.1, 0.15) is 24.2 Å². The van der Waals surface area contributed by atoms with Gasteiger partial charge in [0, 0.05) is 96.9 Å². The number of aryl methyl sites for hydroxylation is 3. The van der Waals surface area contributed by atoms with Crippen molar-refractivity contribution in [3.05, 3.63) is 82.1 Å². The van der Waals surface area contributed by atoms with Gasteiger partial charge < -0.3 is 61.8 Å². The number of phenolic OH excluding ortho intramolecular Hbond substituents is 1. The van der Waals surface area contributed by atoms with E-state index < -0.39 is 12.2 Å². The number of hydrogen-bond acceptors (Lipinski definition) is 12. The molecule has 0 amide bonds. The van der Waals surface area contributed by atoms with Crippen molar-refractivity contribution >= 4 is 27.5 Å². The maximum absolute atomic E-state index is 12.0. The zero-order valence-corrected chi connectivity index (χ0v) is 47.4. The summed E-state index contributed by atoms with van der Waals surface area (Å²) in [6.07, 6.45) is 23.9. The molecule has 1 aliphatic heterocycles. The number of aromatic nitrogens is 1. The predicted molar refractivity (Wildman–Crippen MR) is 306 cm³/mol. The second-order valence-corrected chi connectivity index (χ2v) is 27.5. The zero-order valence-electron chi connectivity index (χ0n) is 45.8. The van der Waals surface area contributed by atoms with E-state index in [9.17, 15) is 25.5 Å². The van der Waals surface area contributed by atoms with Gasteiger partial charge in [-0.25, -0.2) is 0 Å². The van der Waals surface area contributed by atoms with Gasteiger partial charge in [-0.1, -0.05) is 72.4 Å². The number of aliphatic imine (C=N–C) groups is 1. The van der Waals surface area contributed by atoms with E-state index in [1.807, 2.05) is 46.7 Å². The molecule has 0 unspecified atom stereocenters. The molecule has 5 fully saturated rings. The number of aromatic hydroxyl groups is 1. The van der Waals surface area contributed by atoms with Crippen LogP contribution in [0.4, 0.5) is 0 Å². The summed E-state index contributed by atoms with van der Waals surface area (Å²) in [6, 6.07) is 10.3. The van der Waals surface area contributed by atoms with Crippen LogP contribution in [0.3, 0.4) is 0 Å². The molecule has 1 aromatic carbocycles. The molecule has 2 aromatic heterocycles. The summed E-state index contributed by atoms with van der Waals surface area (Å²) in [4.78, 5) is 8.01. The van der Waals surface area contributed by atoms with E-state index in [0.29, 0.717) is 85.0 Å². The van der Waals surface area contributed by atoms with Crippen molar-refractivity contribution in [1.82, 2.24) is 15.6 Å². The zero-order chi connectivity index (χ0) is 53.1. The van der Waals surface area contributed by atoms with Gasteiger partial charge in [-0.15, -0.1) is 0 Å². The van der Waals surface area contributed by atoms with Crippen LogP contribution in [0.15, 0.2) is 51.9 Å². The molecule has 15 heteroatoms. The van der Waals surface area contributed by atoms with Crippen LogP contribution in [-0.4, -0.2) is 99.0 Å². The van der Waals surface area contributed by atoms with Crippen molar-refractivity contribution in [2.75, 3.05) is 38.3 Å². The van der Waals surface area contributed by atoms with Crippen molar-refractivity contribution in [3.8, 4) is 11.5 Å². The number of nitrogens with zero attached hydrogens (tertiary/aromatic N) is 1. The molecule has 13 nitrogen and oxygen atoms in total. The van der Waals surface area contributed by atoms with Gasteiger partial charge in [0.25, 0.3) is 0 Å². The molecule has 76 heavy (non-hydrogen) atoms. The number of aliphatic hydroxyl groups is 4. The lowest BCUT2D eigenvalue weighted by molar-refractivity contribution is 0.0338. The van der Waals surface area contributed by atoms with Crippen molar-refractivity contribution in [2.45, 2.75) is 185 Å². The first kappa shape index (κ1) is 56.1. The van der Waals surface area contributed by atoms with Crippen LogP contribution < -0.4 is 26.8 Å². The quantitative estimate of drug-likeness (QED) is 0.0234. The van der Waals surface area contributed by atoms with Crippen LogP contribution in [0.25, 0.3) is 0 Å². The molecule has 3 aromatic rings. The molecule has 8 aliphatic rings. The minimum atomic E-state index is -0.961. The molecular weight excluding hydrogens is 993 g/mol. The van der Waals surface area contributed by atoms with Crippen LogP contribution in [0.2, 0.25) is 0 Å². The van der Waals surface area contributed by atoms with Gasteiger partial charge in [0.05, 0.1) is 12.7 Å². The molecule has 15 atom stereocenters. The first-order valence-corrected chi connectivity index (χ1v) is 32.1. The summed E-state index contributed by atoms with van der Waals surface area (Å²) in [7, 11) is 5.71. The average molecular weight is 1090 g/mol. The van der Waals surface area contributed by atoms with E-state index in [1.54, 1.807) is 13.1 Å². The number of guanidine groups is 1. The van der Waals surface area contributed by atoms with Gasteiger partial charge in [-0.2, -0.15) is 0 Å². The minimum Gasteiger partial charge on any atom is -0.504 e. The van der Waals surface area contributed by atoms with Crippen molar-refractivity contribution < 1.29 is 34.7 Å². The fourth-order valence-corrected chi connectivity index (χ4v) is 19.8. The third kappa shape index (κ3) is 11.6. The summed E-state index contributed by atoms with van der Waals surface area (Å²) < 4.78 is 12.8. The maximum Gasteiger partial charge on any atom is 0.188 e. The normalized spacial score (nSPS) is 33.2.